The van der Waals surface area contributed by atoms with E-state index in [0.29, 0.717) is 5.41 Å². The number of aliphatic hydroxyl groups is 1. The van der Waals surface area contributed by atoms with E-state index < -0.39 is 0 Å². The molecule has 0 aromatic rings. The first-order valence-corrected chi connectivity index (χ1v) is 9.30. The molecule has 1 saturated heterocycles. The van der Waals surface area contributed by atoms with E-state index in [-0.39, 0.29) is 12.0 Å². The Balaban J connectivity index is 1.83. The smallest absolute Gasteiger partial charge is 0.191 e. The third-order valence-electron chi connectivity index (χ3n) is 5.81. The molecule has 6 nitrogen and oxygen atoms in total. The minimum atomic E-state index is 0.0352. The largest absolute Gasteiger partial charge is 0.396 e. The van der Waals surface area contributed by atoms with Gasteiger partial charge in [-0.2, -0.15) is 0 Å². The number of ether oxygens (including phenoxy) is 2. The third-order valence-corrected chi connectivity index (χ3v) is 5.81. The molecule has 0 aromatic carbocycles. The highest BCUT2D eigenvalue weighted by atomic mass is 16.5. The van der Waals surface area contributed by atoms with Gasteiger partial charge in [0.2, 0.25) is 0 Å². The van der Waals surface area contributed by atoms with Crippen molar-refractivity contribution < 1.29 is 14.6 Å². The monoisotopic (exact) mass is 341 g/mol. The average molecular weight is 341 g/mol. The van der Waals surface area contributed by atoms with Crippen LogP contribution in [0.2, 0.25) is 0 Å². The Kier molecular flexibility index (Phi) is 7.78. The van der Waals surface area contributed by atoms with Gasteiger partial charge in [-0.05, 0) is 37.5 Å². The number of hydrogen-bond acceptors (Lipinski definition) is 4. The molecule has 2 rings (SSSR count). The summed E-state index contributed by atoms with van der Waals surface area (Å²) < 4.78 is 10.9. The quantitative estimate of drug-likeness (QED) is 0.438. The number of rotatable bonds is 9. The molecule has 3 N–H and O–H groups in total. The highest BCUT2D eigenvalue weighted by molar-refractivity contribution is 5.79. The van der Waals surface area contributed by atoms with Crippen LogP contribution in [0.4, 0.5) is 0 Å². The van der Waals surface area contributed by atoms with E-state index in [1.165, 1.54) is 25.7 Å². The Morgan fingerprint density at radius 1 is 1.12 bits per heavy atom. The maximum atomic E-state index is 9.34. The fourth-order valence-electron chi connectivity index (χ4n) is 4.03. The zero-order valence-electron chi connectivity index (χ0n) is 15.4. The Morgan fingerprint density at radius 3 is 2.38 bits per heavy atom. The number of hydrogen-bond donors (Lipinski definition) is 3. The summed E-state index contributed by atoms with van der Waals surface area (Å²) in [4.78, 5) is 4.37. The van der Waals surface area contributed by atoms with E-state index in [4.69, 9.17) is 9.47 Å². The van der Waals surface area contributed by atoms with Gasteiger partial charge >= 0.3 is 0 Å². The first kappa shape index (κ1) is 19.5. The molecule has 6 heteroatoms. The van der Waals surface area contributed by atoms with E-state index in [2.05, 4.69) is 15.6 Å². The van der Waals surface area contributed by atoms with Crippen LogP contribution in [0.15, 0.2) is 4.99 Å². The van der Waals surface area contributed by atoms with E-state index in [1.807, 2.05) is 7.05 Å². The summed E-state index contributed by atoms with van der Waals surface area (Å²) >= 11 is 0. The predicted molar refractivity (Wildman–Crippen MR) is 96.3 cm³/mol. The maximum Gasteiger partial charge on any atom is 0.191 e. The molecule has 1 aliphatic carbocycles. The van der Waals surface area contributed by atoms with Gasteiger partial charge in [-0.3, -0.25) is 4.99 Å². The summed E-state index contributed by atoms with van der Waals surface area (Å²) in [6.07, 6.45) is 8.04. The summed E-state index contributed by atoms with van der Waals surface area (Å²) in [7, 11) is 3.59. The zero-order chi connectivity index (χ0) is 17.3. The van der Waals surface area contributed by atoms with Crippen molar-refractivity contribution in [3.63, 3.8) is 0 Å². The standard InChI is InChI=1S/C18H35N3O3/c1-19-16(21-14-18(7-10-22)9-12-24-15-18)20-13-17(8-11-23-2)5-3-4-6-17/h22H,3-15H2,1-2H3,(H2,19,20,21). The lowest BCUT2D eigenvalue weighted by molar-refractivity contribution is 0.127. The minimum Gasteiger partial charge on any atom is -0.396 e. The molecular formula is C18H35N3O3. The fraction of sp³-hybridized carbons (Fsp3) is 0.944. The molecule has 0 bridgehead atoms. The summed E-state index contributed by atoms with van der Waals surface area (Å²) in [6.45, 7) is 4.27. The normalized spacial score (nSPS) is 26.7. The zero-order valence-corrected chi connectivity index (χ0v) is 15.4. The van der Waals surface area contributed by atoms with Crippen molar-refractivity contribution in [1.82, 2.24) is 10.6 Å². The van der Waals surface area contributed by atoms with Crippen molar-refractivity contribution in [2.45, 2.75) is 44.9 Å². The Bertz CT molecular complexity index is 389. The summed E-state index contributed by atoms with van der Waals surface area (Å²) in [5, 5.41) is 16.3. The first-order valence-electron chi connectivity index (χ1n) is 9.30. The molecule has 0 radical (unpaired) electrons. The second kappa shape index (κ2) is 9.59. The molecule has 24 heavy (non-hydrogen) atoms. The highest BCUT2D eigenvalue weighted by Crippen LogP contribution is 2.40. The van der Waals surface area contributed by atoms with E-state index in [9.17, 15) is 5.11 Å². The maximum absolute atomic E-state index is 9.34. The van der Waals surface area contributed by atoms with Crippen LogP contribution in [0.1, 0.15) is 44.9 Å². The van der Waals surface area contributed by atoms with Gasteiger partial charge in [0.05, 0.1) is 6.61 Å². The lowest BCUT2D eigenvalue weighted by Gasteiger charge is -2.31. The van der Waals surface area contributed by atoms with Crippen LogP contribution in [0.3, 0.4) is 0 Å². The molecule has 2 fully saturated rings. The van der Waals surface area contributed by atoms with Crippen LogP contribution < -0.4 is 10.6 Å². The fourth-order valence-corrected chi connectivity index (χ4v) is 4.03. The lowest BCUT2D eigenvalue weighted by Crippen LogP contribution is -2.47. The number of methoxy groups -OCH3 is 1. The minimum absolute atomic E-state index is 0.0352. The highest BCUT2D eigenvalue weighted by Gasteiger charge is 2.35. The van der Waals surface area contributed by atoms with E-state index in [1.54, 1.807) is 7.11 Å². The van der Waals surface area contributed by atoms with Crippen molar-refractivity contribution in [1.29, 1.82) is 0 Å². The van der Waals surface area contributed by atoms with Gasteiger partial charge < -0.3 is 25.2 Å². The van der Waals surface area contributed by atoms with Gasteiger partial charge in [0.25, 0.3) is 0 Å². The van der Waals surface area contributed by atoms with Gasteiger partial charge in [-0.1, -0.05) is 12.8 Å². The molecular weight excluding hydrogens is 306 g/mol. The summed E-state index contributed by atoms with van der Waals surface area (Å²) in [6, 6.07) is 0. The molecule has 0 spiro atoms. The molecule has 1 unspecified atom stereocenters. The average Bonchev–Trinajstić information content (AvgIpc) is 3.24. The van der Waals surface area contributed by atoms with Crippen LogP contribution in [-0.4, -0.2) is 64.7 Å². The first-order chi connectivity index (χ1) is 11.7. The lowest BCUT2D eigenvalue weighted by atomic mass is 9.83. The molecule has 0 amide bonds. The van der Waals surface area contributed by atoms with Crippen LogP contribution in [-0.2, 0) is 9.47 Å². The van der Waals surface area contributed by atoms with Gasteiger partial charge in [0.15, 0.2) is 5.96 Å². The van der Waals surface area contributed by atoms with Crippen molar-refractivity contribution >= 4 is 5.96 Å². The Hall–Kier alpha value is -0.850. The molecule has 1 saturated carbocycles. The van der Waals surface area contributed by atoms with Crippen LogP contribution in [0, 0.1) is 10.8 Å². The molecule has 1 atom stereocenters. The number of nitrogens with zero attached hydrogens (tertiary/aromatic N) is 1. The number of aliphatic hydroxyl groups excluding tert-OH is 1. The molecule has 1 heterocycles. The van der Waals surface area contributed by atoms with Crippen molar-refractivity contribution in [2.24, 2.45) is 15.8 Å². The van der Waals surface area contributed by atoms with Crippen LogP contribution >= 0.6 is 0 Å². The van der Waals surface area contributed by atoms with Crippen LogP contribution in [0.25, 0.3) is 0 Å². The predicted octanol–water partition coefficient (Wildman–Crippen LogP) is 1.54. The Morgan fingerprint density at radius 2 is 1.83 bits per heavy atom. The SMILES string of the molecule is CN=C(NCC1(CCOC)CCCC1)NCC1(CCO)CCOC1. The van der Waals surface area contributed by atoms with Gasteiger partial charge in [-0.25, -0.2) is 0 Å². The van der Waals surface area contributed by atoms with E-state index in [0.717, 1.165) is 58.1 Å². The van der Waals surface area contributed by atoms with Gasteiger partial charge in [0.1, 0.15) is 0 Å². The summed E-state index contributed by atoms with van der Waals surface area (Å²) in [5.41, 5.74) is 0.375. The Labute approximate surface area is 146 Å². The van der Waals surface area contributed by atoms with E-state index >= 15 is 0 Å². The molecule has 2 aliphatic rings. The van der Waals surface area contributed by atoms with Crippen molar-refractivity contribution in [3.05, 3.63) is 0 Å². The number of aliphatic imine (C=N–C) groups is 1. The van der Waals surface area contributed by atoms with Gasteiger partial charge in [0, 0.05) is 52.5 Å². The van der Waals surface area contributed by atoms with Crippen molar-refractivity contribution in [2.75, 3.05) is 53.7 Å². The molecule has 1 aliphatic heterocycles. The second-order valence-electron chi connectivity index (χ2n) is 7.51. The summed E-state index contributed by atoms with van der Waals surface area (Å²) in [5.74, 6) is 0.850. The van der Waals surface area contributed by atoms with Crippen molar-refractivity contribution in [3.8, 4) is 0 Å². The van der Waals surface area contributed by atoms with Crippen LogP contribution in [0.5, 0.6) is 0 Å². The number of nitrogens with one attached hydrogen (secondary N) is 2. The topological polar surface area (TPSA) is 75.1 Å². The molecule has 0 aromatic heterocycles. The van der Waals surface area contributed by atoms with Gasteiger partial charge in [-0.15, -0.1) is 0 Å². The second-order valence-corrected chi connectivity index (χ2v) is 7.51. The third kappa shape index (κ3) is 5.33. The number of guanidine groups is 1. The molecule has 140 valence electrons.